The van der Waals surface area contributed by atoms with Gasteiger partial charge in [-0.15, -0.1) is 0 Å². The van der Waals surface area contributed by atoms with Crippen LogP contribution in [-0.4, -0.2) is 35.5 Å². The average molecular weight is 501 g/mol. The van der Waals surface area contributed by atoms with Crippen LogP contribution < -0.4 is 10.6 Å². The van der Waals surface area contributed by atoms with Crippen molar-refractivity contribution in [2.75, 3.05) is 6.54 Å². The maximum Gasteiger partial charge on any atom is 0.217 e. The van der Waals surface area contributed by atoms with E-state index >= 15 is 0 Å². The van der Waals surface area contributed by atoms with E-state index in [2.05, 4.69) is 37.5 Å². The molecule has 1 aliphatic carbocycles. The quantitative estimate of drug-likeness (QED) is 0.482. The van der Waals surface area contributed by atoms with Crippen molar-refractivity contribution in [1.29, 1.82) is 0 Å². The average Bonchev–Trinajstić information content (AvgIpc) is 2.72. The summed E-state index contributed by atoms with van der Waals surface area (Å²) in [7, 11) is 0. The van der Waals surface area contributed by atoms with Gasteiger partial charge in [0.25, 0.3) is 0 Å². The number of nitrogens with one attached hydrogen (secondary N) is 2. The number of rotatable bonds is 8. The third-order valence-electron chi connectivity index (χ3n) is 6.60. The smallest absolute Gasteiger partial charge is 0.217 e. The fourth-order valence-electron chi connectivity index (χ4n) is 5.02. The van der Waals surface area contributed by atoms with E-state index in [1.165, 1.54) is 19.1 Å². The van der Waals surface area contributed by atoms with Crippen LogP contribution in [0.2, 0.25) is 0 Å². The van der Waals surface area contributed by atoms with Gasteiger partial charge >= 0.3 is 0 Å². The third-order valence-corrected chi connectivity index (χ3v) is 6.60. The van der Waals surface area contributed by atoms with Gasteiger partial charge in [-0.2, -0.15) is 0 Å². The van der Waals surface area contributed by atoms with Crippen LogP contribution in [0, 0.1) is 22.5 Å². The topological polar surface area (TPSA) is 78.4 Å². The molecule has 7 heteroatoms. The maximum atomic E-state index is 13.7. The number of benzene rings is 2. The van der Waals surface area contributed by atoms with Gasteiger partial charge in [-0.25, -0.2) is 8.78 Å². The molecular weight excluding hydrogens is 462 g/mol. The Morgan fingerprint density at radius 1 is 1.11 bits per heavy atom. The number of hydrogen-bond acceptors (Lipinski definition) is 4. The number of aliphatic hydroxyl groups is 1. The monoisotopic (exact) mass is 500 g/mol. The Hall–Kier alpha value is -2.64. The van der Waals surface area contributed by atoms with Crippen molar-refractivity contribution in [3.8, 4) is 0 Å². The van der Waals surface area contributed by atoms with E-state index in [9.17, 15) is 23.5 Å². The minimum atomic E-state index is -1.03. The standard InChI is InChI=1S/C29H38F2N2O3/c1-17(34)33-24(12-19-9-20(30)13-21(31)10-19)26(35)16-32-25-15-29(5,6)27(36)22-8-7-18(11-23(22)25)14-28(2,3)4/h7-11,13,24-26,32,35H,12,14-16H2,1-6H3,(H,33,34)/t24-,25-,26-/m0/s1. The van der Waals surface area contributed by atoms with E-state index in [-0.39, 0.29) is 36.1 Å². The summed E-state index contributed by atoms with van der Waals surface area (Å²) < 4.78 is 27.4. The lowest BCUT2D eigenvalue weighted by molar-refractivity contribution is -0.120. The summed E-state index contributed by atoms with van der Waals surface area (Å²) in [6.07, 6.45) is 0.465. The van der Waals surface area contributed by atoms with E-state index in [0.29, 0.717) is 17.5 Å². The van der Waals surface area contributed by atoms with E-state index < -0.39 is 29.2 Å². The summed E-state index contributed by atoms with van der Waals surface area (Å²) in [5, 5.41) is 17.1. The first kappa shape index (κ1) is 27.9. The van der Waals surface area contributed by atoms with Crippen molar-refractivity contribution in [2.45, 2.75) is 79.0 Å². The molecule has 0 bridgehead atoms. The zero-order valence-corrected chi connectivity index (χ0v) is 22.0. The van der Waals surface area contributed by atoms with Gasteiger partial charge in [-0.3, -0.25) is 9.59 Å². The van der Waals surface area contributed by atoms with Gasteiger partial charge in [0.15, 0.2) is 5.78 Å². The minimum Gasteiger partial charge on any atom is -0.390 e. The second-order valence-corrected chi connectivity index (χ2v) is 11.9. The Labute approximate surface area is 212 Å². The van der Waals surface area contributed by atoms with Crippen LogP contribution in [0.15, 0.2) is 36.4 Å². The number of hydrogen-bond donors (Lipinski definition) is 3. The molecule has 5 nitrogen and oxygen atoms in total. The van der Waals surface area contributed by atoms with Gasteiger partial charge in [0.05, 0.1) is 12.1 Å². The Bertz CT molecular complexity index is 1100. The molecule has 36 heavy (non-hydrogen) atoms. The third kappa shape index (κ3) is 7.20. The molecule has 0 aromatic heterocycles. The lowest BCUT2D eigenvalue weighted by atomic mass is 9.70. The zero-order chi connectivity index (χ0) is 26.8. The molecule has 0 aliphatic heterocycles. The zero-order valence-electron chi connectivity index (χ0n) is 22.0. The van der Waals surface area contributed by atoms with E-state index in [0.717, 1.165) is 23.6 Å². The molecule has 0 fully saturated rings. The molecule has 0 saturated heterocycles. The van der Waals surface area contributed by atoms with Gasteiger partial charge in [0.1, 0.15) is 11.6 Å². The van der Waals surface area contributed by atoms with Crippen LogP contribution in [0.5, 0.6) is 0 Å². The number of halogens is 2. The number of carbonyl (C=O) groups excluding carboxylic acids is 2. The van der Waals surface area contributed by atoms with Gasteiger partial charge in [0, 0.05) is 36.6 Å². The van der Waals surface area contributed by atoms with Crippen molar-refractivity contribution in [3.05, 3.63) is 70.3 Å². The molecule has 0 spiro atoms. The van der Waals surface area contributed by atoms with Crippen LogP contribution in [0.1, 0.15) is 81.1 Å². The lowest BCUT2D eigenvalue weighted by Gasteiger charge is -2.37. The molecule has 1 aliphatic rings. The molecule has 0 saturated carbocycles. The minimum absolute atomic E-state index is 0.0675. The Morgan fingerprint density at radius 3 is 2.33 bits per heavy atom. The predicted molar refractivity (Wildman–Crippen MR) is 137 cm³/mol. The molecule has 2 aromatic rings. The summed E-state index contributed by atoms with van der Waals surface area (Å²) in [5.41, 5.74) is 2.60. The lowest BCUT2D eigenvalue weighted by Crippen LogP contribution is -2.49. The van der Waals surface area contributed by atoms with Crippen molar-refractivity contribution in [2.24, 2.45) is 10.8 Å². The summed E-state index contributed by atoms with van der Waals surface area (Å²) in [6, 6.07) is 8.25. The first-order valence-electron chi connectivity index (χ1n) is 12.5. The van der Waals surface area contributed by atoms with Gasteiger partial charge < -0.3 is 15.7 Å². The summed E-state index contributed by atoms with van der Waals surface area (Å²) >= 11 is 0. The molecule has 0 heterocycles. The number of aliphatic hydroxyl groups excluding tert-OH is 1. The highest BCUT2D eigenvalue weighted by Crippen LogP contribution is 2.41. The van der Waals surface area contributed by atoms with Crippen LogP contribution in [-0.2, 0) is 17.6 Å². The summed E-state index contributed by atoms with van der Waals surface area (Å²) in [4.78, 5) is 24.9. The van der Waals surface area contributed by atoms with Gasteiger partial charge in [0.2, 0.25) is 5.91 Å². The second kappa shape index (κ2) is 10.8. The first-order chi connectivity index (χ1) is 16.6. The van der Waals surface area contributed by atoms with E-state index in [1.54, 1.807) is 0 Å². The number of amides is 1. The Kier molecular flexibility index (Phi) is 8.36. The molecule has 3 N–H and O–H groups in total. The number of Topliss-reactive ketones (excluding diaryl/α,β-unsaturated/α-hetero) is 1. The maximum absolute atomic E-state index is 13.7. The molecule has 1 amide bonds. The van der Waals surface area contributed by atoms with Crippen LogP contribution in [0.4, 0.5) is 8.78 Å². The molecule has 2 aromatic carbocycles. The normalized spacial score (nSPS) is 18.9. The van der Waals surface area contributed by atoms with Crippen molar-refractivity contribution in [1.82, 2.24) is 10.6 Å². The van der Waals surface area contributed by atoms with Crippen molar-refractivity contribution >= 4 is 11.7 Å². The van der Waals surface area contributed by atoms with Crippen molar-refractivity contribution in [3.63, 3.8) is 0 Å². The number of carbonyl (C=O) groups is 2. The molecule has 3 atom stereocenters. The molecular formula is C29H38F2N2O3. The van der Waals surface area contributed by atoms with Crippen molar-refractivity contribution < 1.29 is 23.5 Å². The highest BCUT2D eigenvalue weighted by Gasteiger charge is 2.39. The van der Waals surface area contributed by atoms with Crippen LogP contribution in [0.25, 0.3) is 0 Å². The van der Waals surface area contributed by atoms with E-state index in [1.807, 2.05) is 26.0 Å². The second-order valence-electron chi connectivity index (χ2n) is 11.9. The van der Waals surface area contributed by atoms with Crippen LogP contribution >= 0.6 is 0 Å². The fourth-order valence-corrected chi connectivity index (χ4v) is 5.02. The first-order valence-corrected chi connectivity index (χ1v) is 12.5. The van der Waals surface area contributed by atoms with Gasteiger partial charge in [-0.1, -0.05) is 52.8 Å². The molecule has 3 rings (SSSR count). The highest BCUT2D eigenvalue weighted by molar-refractivity contribution is 6.02. The molecule has 0 unspecified atom stereocenters. The SMILES string of the molecule is CC(=O)N[C@@H](Cc1cc(F)cc(F)c1)[C@@H](O)CN[C@H]1CC(C)(C)C(=O)c2ccc(CC(C)(C)C)cc21. The molecule has 196 valence electrons. The number of fused-ring (bicyclic) bond motifs is 1. The Morgan fingerprint density at radius 2 is 1.75 bits per heavy atom. The highest BCUT2D eigenvalue weighted by atomic mass is 19.1. The summed E-state index contributed by atoms with van der Waals surface area (Å²) in [5.74, 6) is -1.67. The van der Waals surface area contributed by atoms with Gasteiger partial charge in [-0.05, 0) is 53.5 Å². The molecule has 0 radical (unpaired) electrons. The summed E-state index contributed by atoms with van der Waals surface area (Å²) in [6.45, 7) is 11.8. The fraction of sp³-hybridized carbons (Fsp3) is 0.517. The van der Waals surface area contributed by atoms with E-state index in [4.69, 9.17) is 0 Å². The predicted octanol–water partition coefficient (Wildman–Crippen LogP) is 4.91. The number of ketones is 1. The Balaban J connectivity index is 1.82. The van der Waals surface area contributed by atoms with Crippen LogP contribution in [0.3, 0.4) is 0 Å². The largest absolute Gasteiger partial charge is 0.390 e.